The molecule has 1 aliphatic rings. The van der Waals surface area contributed by atoms with Crippen LogP contribution in [0, 0.1) is 0 Å². The average Bonchev–Trinajstić information content (AvgIpc) is 3.01. The molecule has 0 saturated carbocycles. The van der Waals surface area contributed by atoms with Crippen molar-refractivity contribution in [1.82, 2.24) is 9.97 Å². The second-order valence-corrected chi connectivity index (χ2v) is 8.33. The summed E-state index contributed by atoms with van der Waals surface area (Å²) in [5, 5.41) is 3.20. The van der Waals surface area contributed by atoms with Crippen LogP contribution in [0.3, 0.4) is 0 Å². The van der Waals surface area contributed by atoms with Crippen LogP contribution < -0.4 is 19.7 Å². The maximum atomic E-state index is 11.7. The molecule has 1 fully saturated rings. The van der Waals surface area contributed by atoms with Crippen LogP contribution in [0.25, 0.3) is 0 Å². The molecule has 1 N–H and O–H groups in total. The summed E-state index contributed by atoms with van der Waals surface area (Å²) in [5.74, 6) is 2.73. The van der Waals surface area contributed by atoms with Gasteiger partial charge in [-0.1, -0.05) is 0 Å². The van der Waals surface area contributed by atoms with Gasteiger partial charge in [0, 0.05) is 25.4 Å². The number of hydrogen-bond donors (Lipinski definition) is 1. The molecular weight excluding hydrogens is 356 g/mol. The smallest absolute Gasteiger partial charge is 0.227 e. The summed E-state index contributed by atoms with van der Waals surface area (Å²) < 4.78 is 34.0. The Balaban J connectivity index is 1.80. The van der Waals surface area contributed by atoms with Crippen molar-refractivity contribution in [2.75, 3.05) is 43.0 Å². The summed E-state index contributed by atoms with van der Waals surface area (Å²) in [4.78, 5) is 10.6. The summed E-state index contributed by atoms with van der Waals surface area (Å²) in [6.07, 6.45) is 2.23. The van der Waals surface area contributed by atoms with Gasteiger partial charge in [0.25, 0.3) is 0 Å². The van der Waals surface area contributed by atoms with E-state index in [4.69, 9.17) is 9.47 Å². The summed E-state index contributed by atoms with van der Waals surface area (Å²) in [7, 11) is 2.03. The Morgan fingerprint density at radius 3 is 2.69 bits per heavy atom. The molecule has 0 amide bonds. The van der Waals surface area contributed by atoms with Crippen LogP contribution in [-0.2, 0) is 9.84 Å². The zero-order chi connectivity index (χ0) is 18.7. The first-order valence-electron chi connectivity index (χ1n) is 8.17. The fourth-order valence-corrected chi connectivity index (χ4v) is 4.65. The highest BCUT2D eigenvalue weighted by molar-refractivity contribution is 7.91. The first-order chi connectivity index (χ1) is 12.4. The molecule has 2 heterocycles. The molecule has 8 nitrogen and oxygen atoms in total. The van der Waals surface area contributed by atoms with Crippen molar-refractivity contribution in [3.8, 4) is 11.5 Å². The van der Waals surface area contributed by atoms with Gasteiger partial charge in [-0.2, -0.15) is 4.98 Å². The van der Waals surface area contributed by atoms with Gasteiger partial charge in [0.05, 0.1) is 31.4 Å². The lowest BCUT2D eigenvalue weighted by Crippen LogP contribution is -2.33. The summed E-state index contributed by atoms with van der Waals surface area (Å²) in [6, 6.07) is 7.08. The Labute approximate surface area is 153 Å². The van der Waals surface area contributed by atoms with E-state index in [0.717, 1.165) is 5.69 Å². The summed E-state index contributed by atoms with van der Waals surface area (Å²) in [6.45, 7) is 0. The van der Waals surface area contributed by atoms with Gasteiger partial charge in [0.15, 0.2) is 9.84 Å². The third-order valence-corrected chi connectivity index (χ3v) is 6.14. The molecule has 1 aromatic carbocycles. The molecule has 1 aliphatic heterocycles. The predicted octanol–water partition coefficient (Wildman–Crippen LogP) is 1.86. The van der Waals surface area contributed by atoms with E-state index >= 15 is 0 Å². The van der Waals surface area contributed by atoms with Gasteiger partial charge in [-0.15, -0.1) is 0 Å². The number of nitrogens with one attached hydrogen (secondary N) is 1. The molecule has 1 saturated heterocycles. The quantitative estimate of drug-likeness (QED) is 0.814. The number of sulfone groups is 1. The van der Waals surface area contributed by atoms with Crippen molar-refractivity contribution >= 4 is 27.3 Å². The van der Waals surface area contributed by atoms with Gasteiger partial charge in [-0.3, -0.25) is 0 Å². The molecule has 9 heteroatoms. The first-order valence-corrected chi connectivity index (χ1v) is 9.99. The van der Waals surface area contributed by atoms with Crippen LogP contribution in [0.15, 0.2) is 30.5 Å². The molecule has 26 heavy (non-hydrogen) atoms. The third kappa shape index (κ3) is 3.98. The van der Waals surface area contributed by atoms with Crippen LogP contribution in [0.5, 0.6) is 11.5 Å². The molecule has 1 aromatic heterocycles. The fourth-order valence-electron chi connectivity index (χ4n) is 2.87. The second-order valence-electron chi connectivity index (χ2n) is 6.10. The van der Waals surface area contributed by atoms with Crippen molar-refractivity contribution in [1.29, 1.82) is 0 Å². The van der Waals surface area contributed by atoms with Gasteiger partial charge in [-0.05, 0) is 24.6 Å². The third-order valence-electron chi connectivity index (χ3n) is 4.39. The Hall–Kier alpha value is -2.55. The molecule has 140 valence electrons. The highest BCUT2D eigenvalue weighted by Gasteiger charge is 2.31. The Bertz CT molecular complexity index is 888. The van der Waals surface area contributed by atoms with Gasteiger partial charge in [0.1, 0.15) is 17.3 Å². The van der Waals surface area contributed by atoms with Gasteiger partial charge >= 0.3 is 0 Å². The van der Waals surface area contributed by atoms with E-state index in [1.54, 1.807) is 32.5 Å². The predicted molar refractivity (Wildman–Crippen MR) is 100 cm³/mol. The molecule has 2 aromatic rings. The van der Waals surface area contributed by atoms with Crippen molar-refractivity contribution in [2.45, 2.75) is 12.5 Å². The number of ether oxygens (including phenoxy) is 2. The van der Waals surface area contributed by atoms with E-state index in [1.807, 2.05) is 24.1 Å². The fraction of sp³-hybridized carbons (Fsp3) is 0.412. The van der Waals surface area contributed by atoms with E-state index in [0.29, 0.717) is 29.7 Å². The zero-order valence-electron chi connectivity index (χ0n) is 15.0. The minimum absolute atomic E-state index is 0.106. The number of hydrogen-bond acceptors (Lipinski definition) is 8. The van der Waals surface area contributed by atoms with E-state index in [2.05, 4.69) is 15.3 Å². The van der Waals surface area contributed by atoms with Crippen LogP contribution >= 0.6 is 0 Å². The number of aromatic nitrogens is 2. The summed E-state index contributed by atoms with van der Waals surface area (Å²) in [5.41, 5.74) is 0.740. The number of rotatable bonds is 6. The lowest BCUT2D eigenvalue weighted by atomic mass is 10.2. The number of anilines is 3. The lowest BCUT2D eigenvalue weighted by Gasteiger charge is -2.23. The average molecular weight is 378 g/mol. The highest BCUT2D eigenvalue weighted by Crippen LogP contribution is 2.31. The van der Waals surface area contributed by atoms with Crippen LogP contribution in [0.2, 0.25) is 0 Å². The zero-order valence-corrected chi connectivity index (χ0v) is 15.8. The molecule has 1 atom stereocenters. The molecule has 0 radical (unpaired) electrons. The maximum Gasteiger partial charge on any atom is 0.227 e. The summed E-state index contributed by atoms with van der Waals surface area (Å²) >= 11 is 0. The minimum Gasteiger partial charge on any atom is -0.497 e. The molecule has 1 unspecified atom stereocenters. The molecule has 0 bridgehead atoms. The second kappa shape index (κ2) is 7.36. The SMILES string of the molecule is COc1ccc(Nc2ccnc(N(C)C3CCS(=O)(=O)C3)n2)c(OC)c1. The largest absolute Gasteiger partial charge is 0.497 e. The normalized spacial score (nSPS) is 18.3. The first kappa shape index (κ1) is 18.2. The van der Waals surface area contributed by atoms with Crippen molar-refractivity contribution < 1.29 is 17.9 Å². The Kier molecular flexibility index (Phi) is 5.17. The van der Waals surface area contributed by atoms with E-state index in [9.17, 15) is 8.42 Å². The van der Waals surface area contributed by atoms with E-state index in [1.165, 1.54) is 0 Å². The maximum absolute atomic E-state index is 11.7. The highest BCUT2D eigenvalue weighted by atomic mass is 32.2. The van der Waals surface area contributed by atoms with E-state index < -0.39 is 9.84 Å². The van der Waals surface area contributed by atoms with Crippen molar-refractivity contribution in [3.05, 3.63) is 30.5 Å². The van der Waals surface area contributed by atoms with E-state index in [-0.39, 0.29) is 17.5 Å². The minimum atomic E-state index is -2.96. The lowest BCUT2D eigenvalue weighted by molar-refractivity contribution is 0.395. The van der Waals surface area contributed by atoms with Gasteiger partial charge in [-0.25, -0.2) is 13.4 Å². The molecule has 0 spiro atoms. The number of methoxy groups -OCH3 is 2. The Morgan fingerprint density at radius 1 is 1.23 bits per heavy atom. The van der Waals surface area contributed by atoms with Crippen LogP contribution in [-0.4, -0.2) is 57.2 Å². The standard InChI is InChI=1S/C17H22N4O4S/c1-21(12-7-9-26(22,23)11-12)17-18-8-6-16(20-17)19-14-5-4-13(24-2)10-15(14)25-3/h4-6,8,10,12H,7,9,11H2,1-3H3,(H,18,19,20). The van der Waals surface area contributed by atoms with Crippen molar-refractivity contribution in [2.24, 2.45) is 0 Å². The van der Waals surface area contributed by atoms with Crippen LogP contribution in [0.4, 0.5) is 17.5 Å². The van der Waals surface area contributed by atoms with Crippen LogP contribution in [0.1, 0.15) is 6.42 Å². The number of benzene rings is 1. The molecule has 3 rings (SSSR count). The molecular formula is C17H22N4O4S. The Morgan fingerprint density at radius 2 is 2.04 bits per heavy atom. The monoisotopic (exact) mass is 378 g/mol. The topological polar surface area (TPSA) is 93.7 Å². The van der Waals surface area contributed by atoms with Gasteiger partial charge in [0.2, 0.25) is 5.95 Å². The van der Waals surface area contributed by atoms with Gasteiger partial charge < -0.3 is 19.7 Å². The number of nitrogens with zero attached hydrogens (tertiary/aromatic N) is 3. The molecule has 0 aliphatic carbocycles. The van der Waals surface area contributed by atoms with Crippen molar-refractivity contribution in [3.63, 3.8) is 0 Å².